The van der Waals surface area contributed by atoms with E-state index in [4.69, 9.17) is 9.47 Å². The SMILES string of the molecule is COc1ccccc1NC(=O)CN1C(=O)S/C(=C/c2ccc(OCC(=O)Nc3ccccc3C(C)C)cc2)C1=O. The van der Waals surface area contributed by atoms with E-state index in [-0.39, 0.29) is 23.3 Å². The molecule has 0 radical (unpaired) electrons. The molecule has 0 unspecified atom stereocenters. The zero-order valence-electron chi connectivity index (χ0n) is 22.3. The quantitative estimate of drug-likeness (QED) is 0.315. The number of thioether (sulfide) groups is 1. The fourth-order valence-corrected chi connectivity index (χ4v) is 4.82. The summed E-state index contributed by atoms with van der Waals surface area (Å²) >= 11 is 0.765. The van der Waals surface area contributed by atoms with Crippen LogP contribution in [0.1, 0.15) is 30.9 Å². The van der Waals surface area contributed by atoms with Crippen molar-refractivity contribution in [3.8, 4) is 11.5 Å². The van der Waals surface area contributed by atoms with E-state index >= 15 is 0 Å². The maximum absolute atomic E-state index is 12.8. The molecule has 206 valence electrons. The maximum atomic E-state index is 12.8. The van der Waals surface area contributed by atoms with Crippen LogP contribution in [0.5, 0.6) is 11.5 Å². The van der Waals surface area contributed by atoms with Crippen LogP contribution in [-0.4, -0.2) is 48.1 Å². The number of carbonyl (C=O) groups is 4. The topological polar surface area (TPSA) is 114 Å². The first kappa shape index (κ1) is 28.4. The second-order valence-electron chi connectivity index (χ2n) is 9.16. The van der Waals surface area contributed by atoms with Crippen molar-refractivity contribution < 1.29 is 28.7 Å². The van der Waals surface area contributed by atoms with E-state index in [9.17, 15) is 19.2 Å². The number of nitrogens with zero attached hydrogens (tertiary/aromatic N) is 1. The first-order valence-corrected chi connectivity index (χ1v) is 13.4. The van der Waals surface area contributed by atoms with Gasteiger partial charge in [0, 0.05) is 5.69 Å². The van der Waals surface area contributed by atoms with Crippen molar-refractivity contribution in [2.75, 3.05) is 30.9 Å². The lowest BCUT2D eigenvalue weighted by Gasteiger charge is -2.14. The van der Waals surface area contributed by atoms with Gasteiger partial charge in [0.15, 0.2) is 6.61 Å². The molecule has 0 aliphatic carbocycles. The van der Waals surface area contributed by atoms with Gasteiger partial charge in [-0.2, -0.15) is 0 Å². The van der Waals surface area contributed by atoms with E-state index in [1.54, 1.807) is 54.6 Å². The van der Waals surface area contributed by atoms with Crippen LogP contribution >= 0.6 is 11.8 Å². The second-order valence-corrected chi connectivity index (χ2v) is 10.2. The Labute approximate surface area is 236 Å². The first-order valence-electron chi connectivity index (χ1n) is 12.5. The summed E-state index contributed by atoms with van der Waals surface area (Å²) in [6.45, 7) is 3.53. The minimum absolute atomic E-state index is 0.165. The summed E-state index contributed by atoms with van der Waals surface area (Å²) in [5.41, 5.74) is 2.90. The molecule has 0 atom stereocenters. The number of anilines is 2. The average Bonchev–Trinajstić information content (AvgIpc) is 3.20. The Morgan fingerprint density at radius 3 is 2.25 bits per heavy atom. The minimum atomic E-state index is -0.552. The molecule has 2 N–H and O–H groups in total. The number of carbonyl (C=O) groups excluding carboxylic acids is 4. The summed E-state index contributed by atoms with van der Waals surface area (Å²) < 4.78 is 10.8. The molecule has 3 aromatic rings. The van der Waals surface area contributed by atoms with Crippen molar-refractivity contribution in [3.05, 3.63) is 88.8 Å². The molecule has 0 aromatic heterocycles. The largest absolute Gasteiger partial charge is 0.495 e. The number of hydrogen-bond acceptors (Lipinski definition) is 7. The van der Waals surface area contributed by atoms with Crippen molar-refractivity contribution >= 4 is 52.2 Å². The number of benzene rings is 3. The van der Waals surface area contributed by atoms with Gasteiger partial charge in [0.2, 0.25) is 5.91 Å². The molecular weight excluding hydrogens is 530 g/mol. The summed E-state index contributed by atoms with van der Waals surface area (Å²) in [5.74, 6) is -0.141. The van der Waals surface area contributed by atoms with Gasteiger partial charge in [-0.3, -0.25) is 24.1 Å². The number of nitrogens with one attached hydrogen (secondary N) is 2. The Morgan fingerprint density at radius 1 is 0.900 bits per heavy atom. The summed E-state index contributed by atoms with van der Waals surface area (Å²) in [4.78, 5) is 51.3. The van der Waals surface area contributed by atoms with Crippen LogP contribution in [0.4, 0.5) is 16.2 Å². The van der Waals surface area contributed by atoms with Gasteiger partial charge in [0.05, 0.1) is 17.7 Å². The van der Waals surface area contributed by atoms with Gasteiger partial charge in [-0.1, -0.05) is 56.3 Å². The molecule has 1 heterocycles. The van der Waals surface area contributed by atoms with Crippen LogP contribution in [0.15, 0.2) is 77.7 Å². The molecule has 4 rings (SSSR count). The molecule has 40 heavy (non-hydrogen) atoms. The van der Waals surface area contributed by atoms with Gasteiger partial charge in [-0.05, 0) is 65.2 Å². The lowest BCUT2D eigenvalue weighted by molar-refractivity contribution is -0.127. The number of imide groups is 1. The average molecular weight is 560 g/mol. The highest BCUT2D eigenvalue weighted by atomic mass is 32.2. The van der Waals surface area contributed by atoms with Crippen LogP contribution in [0.2, 0.25) is 0 Å². The van der Waals surface area contributed by atoms with Crippen LogP contribution in [0, 0.1) is 0 Å². The second kappa shape index (κ2) is 13.0. The molecule has 10 heteroatoms. The van der Waals surface area contributed by atoms with Gasteiger partial charge in [-0.15, -0.1) is 0 Å². The van der Waals surface area contributed by atoms with Crippen molar-refractivity contribution in [1.82, 2.24) is 4.90 Å². The van der Waals surface area contributed by atoms with E-state index in [1.807, 2.05) is 24.3 Å². The van der Waals surface area contributed by atoms with Crippen molar-refractivity contribution in [3.63, 3.8) is 0 Å². The van der Waals surface area contributed by atoms with E-state index in [0.29, 0.717) is 22.7 Å². The molecule has 3 aromatic carbocycles. The number of amides is 4. The Kier molecular flexibility index (Phi) is 9.23. The highest BCUT2D eigenvalue weighted by Crippen LogP contribution is 2.32. The Balaban J connectivity index is 1.32. The van der Waals surface area contributed by atoms with E-state index in [2.05, 4.69) is 24.5 Å². The highest BCUT2D eigenvalue weighted by molar-refractivity contribution is 8.18. The molecule has 1 fully saturated rings. The Bertz CT molecular complexity index is 1450. The number of rotatable bonds is 10. The minimum Gasteiger partial charge on any atom is -0.495 e. The number of methoxy groups -OCH3 is 1. The van der Waals surface area contributed by atoms with Crippen molar-refractivity contribution in [2.24, 2.45) is 0 Å². The predicted molar refractivity (Wildman–Crippen MR) is 155 cm³/mol. The first-order chi connectivity index (χ1) is 19.2. The van der Waals surface area contributed by atoms with Crippen molar-refractivity contribution in [1.29, 1.82) is 0 Å². The fraction of sp³-hybridized carbons (Fsp3) is 0.200. The van der Waals surface area contributed by atoms with E-state index < -0.39 is 23.6 Å². The van der Waals surface area contributed by atoms with Crippen LogP contribution in [0.3, 0.4) is 0 Å². The molecule has 4 amide bonds. The van der Waals surface area contributed by atoms with Crippen molar-refractivity contribution in [2.45, 2.75) is 19.8 Å². The third-order valence-corrected chi connectivity index (χ3v) is 6.87. The number of hydrogen-bond donors (Lipinski definition) is 2. The summed E-state index contributed by atoms with van der Waals surface area (Å²) in [6, 6.07) is 21.3. The molecule has 9 nitrogen and oxygen atoms in total. The maximum Gasteiger partial charge on any atom is 0.294 e. The highest BCUT2D eigenvalue weighted by Gasteiger charge is 2.36. The van der Waals surface area contributed by atoms with Gasteiger partial charge in [-0.25, -0.2) is 0 Å². The molecule has 1 aliphatic rings. The monoisotopic (exact) mass is 559 g/mol. The van der Waals surface area contributed by atoms with Gasteiger partial charge in [0.25, 0.3) is 17.1 Å². The zero-order valence-corrected chi connectivity index (χ0v) is 23.1. The lowest BCUT2D eigenvalue weighted by atomic mass is 10.0. The number of ether oxygens (including phenoxy) is 2. The lowest BCUT2D eigenvalue weighted by Crippen LogP contribution is -2.36. The molecule has 1 saturated heterocycles. The summed E-state index contributed by atoms with van der Waals surface area (Å²) in [6.07, 6.45) is 1.57. The summed E-state index contributed by atoms with van der Waals surface area (Å²) in [5, 5.41) is 5.01. The third kappa shape index (κ3) is 7.09. The molecule has 0 spiro atoms. The van der Waals surface area contributed by atoms with Gasteiger partial charge >= 0.3 is 0 Å². The van der Waals surface area contributed by atoms with E-state index in [1.165, 1.54) is 7.11 Å². The zero-order chi connectivity index (χ0) is 28.6. The Morgan fingerprint density at radius 2 is 1.55 bits per heavy atom. The van der Waals surface area contributed by atoms with Crippen LogP contribution in [-0.2, 0) is 14.4 Å². The Hall–Kier alpha value is -4.57. The van der Waals surface area contributed by atoms with Gasteiger partial charge in [0.1, 0.15) is 18.0 Å². The van der Waals surface area contributed by atoms with E-state index in [0.717, 1.165) is 27.9 Å². The van der Waals surface area contributed by atoms with Crippen LogP contribution in [0.25, 0.3) is 6.08 Å². The standard InChI is InChI=1S/C30H29N3O6S/c1-19(2)22-8-4-5-9-23(22)31-28(35)18-39-21-14-12-20(13-15-21)16-26-29(36)33(30(37)40-26)17-27(34)32-24-10-6-7-11-25(24)38-3/h4-16,19H,17-18H2,1-3H3,(H,31,35)(H,32,34)/b26-16+. The number of para-hydroxylation sites is 3. The third-order valence-electron chi connectivity index (χ3n) is 5.96. The molecule has 0 saturated carbocycles. The smallest absolute Gasteiger partial charge is 0.294 e. The van der Waals surface area contributed by atoms with Gasteiger partial charge < -0.3 is 20.1 Å². The normalized spacial score (nSPS) is 14.0. The fourth-order valence-electron chi connectivity index (χ4n) is 3.98. The molecule has 1 aliphatic heterocycles. The summed E-state index contributed by atoms with van der Waals surface area (Å²) in [7, 11) is 1.48. The molecule has 0 bridgehead atoms. The van der Waals surface area contributed by atoms with Crippen LogP contribution < -0.4 is 20.1 Å². The predicted octanol–water partition coefficient (Wildman–Crippen LogP) is 5.51. The molecular formula is C30H29N3O6S.